The zero-order chi connectivity index (χ0) is 103. The van der Waals surface area contributed by atoms with Crippen LogP contribution in [0.15, 0.2) is 119 Å². The molecule has 0 saturated carbocycles. The molecule has 13 heterocycles. The molecule has 2 aliphatic heterocycles. The molecule has 0 aromatic carbocycles. The van der Waals surface area contributed by atoms with E-state index >= 15 is 0 Å². The Morgan fingerprint density at radius 2 is 0.970 bits per heavy atom. The second-order valence-corrected chi connectivity index (χ2v) is 47.6. The molecule has 135 heavy (non-hydrogen) atoms. The Kier molecular flexibility index (Phi) is 46.4. The van der Waals surface area contributed by atoms with E-state index in [9.17, 15) is 4.79 Å². The minimum Gasteiger partial charge on any atom is -0.451 e. The van der Waals surface area contributed by atoms with E-state index in [2.05, 4.69) is 372 Å². The van der Waals surface area contributed by atoms with Gasteiger partial charge in [-0.2, -0.15) is 0 Å². The number of rotatable bonds is 12. The number of carbonyl (C=O) groups excluding carboxylic acids is 1. The fraction of sp³-hybridized carbons (Fsp3) is 0.690. The number of ether oxygens (including phenoxy) is 3. The number of oxazole rings is 1. The Hall–Kier alpha value is -9.97. The minimum absolute atomic E-state index is 0. The molecule has 758 valence electrons. The summed E-state index contributed by atoms with van der Waals surface area (Å²) in [5.41, 5.74) is 19.4. The number of piperidine rings is 1. The summed E-state index contributed by atoms with van der Waals surface area (Å²) < 4.78 is 34.4. The molecule has 0 bridgehead atoms. The van der Waals surface area contributed by atoms with Crippen molar-refractivity contribution in [3.8, 4) is 0 Å². The van der Waals surface area contributed by atoms with Gasteiger partial charge in [-0.15, -0.1) is 36.8 Å². The molecule has 34 nitrogen and oxygen atoms in total. The molecule has 0 spiro atoms. The first kappa shape index (κ1) is 119. The number of hydrogen-bond donors (Lipinski definition) is 1. The van der Waals surface area contributed by atoms with Crippen molar-refractivity contribution in [2.75, 3.05) is 67.2 Å². The quantitative estimate of drug-likeness (QED) is 0.119. The summed E-state index contributed by atoms with van der Waals surface area (Å²) in [5, 5.41) is 50.9. The third-order valence-corrected chi connectivity index (χ3v) is 20.6. The van der Waals surface area contributed by atoms with Crippen LogP contribution in [0.1, 0.15) is 353 Å². The first-order valence-electron chi connectivity index (χ1n) is 46.8. The van der Waals surface area contributed by atoms with Gasteiger partial charge in [-0.05, 0) is 79.7 Å². The van der Waals surface area contributed by atoms with Gasteiger partial charge in [0.2, 0.25) is 0 Å². The highest BCUT2D eigenvalue weighted by Crippen LogP contribution is 2.32. The van der Waals surface area contributed by atoms with Crippen LogP contribution in [0.25, 0.3) is 0 Å². The predicted octanol–water partition coefficient (Wildman–Crippen LogP) is 19.9. The largest absolute Gasteiger partial charge is 0.451 e. The van der Waals surface area contributed by atoms with Gasteiger partial charge in [0.1, 0.15) is 35.4 Å². The van der Waals surface area contributed by atoms with Crippen molar-refractivity contribution in [2.45, 2.75) is 380 Å². The summed E-state index contributed by atoms with van der Waals surface area (Å²) in [6.45, 7) is 88.7. The third-order valence-electron chi connectivity index (χ3n) is 20.0. The fourth-order valence-corrected chi connectivity index (χ4v) is 12.2. The number of methoxy groups -OCH3 is 1. The number of thiazole rings is 1. The monoisotopic (exact) mass is 1900 g/mol. The van der Waals surface area contributed by atoms with Crippen molar-refractivity contribution in [1.82, 2.24) is 135 Å². The van der Waals surface area contributed by atoms with Crippen LogP contribution in [0.3, 0.4) is 0 Å². The summed E-state index contributed by atoms with van der Waals surface area (Å²) in [7, 11) is 5.85. The zero-order valence-corrected chi connectivity index (χ0v) is 91.2. The Labute approximate surface area is 815 Å². The van der Waals surface area contributed by atoms with Crippen LogP contribution in [-0.2, 0) is 100.0 Å². The van der Waals surface area contributed by atoms with Gasteiger partial charge in [0.25, 0.3) is 0 Å². The van der Waals surface area contributed by atoms with E-state index in [0.717, 1.165) is 128 Å². The summed E-state index contributed by atoms with van der Waals surface area (Å²) in [5.74, 6) is 0.898. The van der Waals surface area contributed by atoms with Crippen LogP contribution in [0, 0.1) is 12.3 Å². The van der Waals surface area contributed by atoms with Crippen molar-refractivity contribution in [2.24, 2.45) is 11.1 Å². The number of nitrogens with zero attached hydrogens (tertiary/aromatic N) is 27. The lowest BCUT2D eigenvalue weighted by Gasteiger charge is -2.37. The van der Waals surface area contributed by atoms with Gasteiger partial charge in [-0.3, -0.25) is 24.0 Å². The van der Waals surface area contributed by atoms with Crippen molar-refractivity contribution in [3.63, 3.8) is 0 Å². The van der Waals surface area contributed by atoms with Crippen LogP contribution in [0.2, 0.25) is 0 Å². The van der Waals surface area contributed by atoms with Crippen molar-refractivity contribution < 1.29 is 30.9 Å². The number of likely N-dealkylation sites (tertiary alicyclic amines) is 1. The molecule has 2 aliphatic rings. The average molecular weight is 1900 g/mol. The van der Waals surface area contributed by atoms with Gasteiger partial charge in [0.15, 0.2) is 6.39 Å². The molecule has 0 radical (unpaired) electrons. The maximum absolute atomic E-state index is 12.1. The van der Waals surface area contributed by atoms with Gasteiger partial charge in [0, 0.05) is 180 Å². The van der Waals surface area contributed by atoms with Crippen LogP contribution in [0.4, 0.5) is 4.79 Å². The highest BCUT2D eigenvalue weighted by atomic mass is 32.1. The first-order chi connectivity index (χ1) is 62.0. The van der Waals surface area contributed by atoms with Gasteiger partial charge >= 0.3 is 6.09 Å². The van der Waals surface area contributed by atoms with Crippen LogP contribution in [-0.4, -0.2) is 214 Å². The second-order valence-electron chi connectivity index (χ2n) is 46.9. The number of carbonyl (C=O) groups is 1. The maximum atomic E-state index is 12.1. The molecule has 2 fully saturated rings. The molecule has 11 aromatic heterocycles. The highest BCUT2D eigenvalue weighted by Gasteiger charge is 2.35. The number of aryl methyl sites for hydroxylation is 2. The summed E-state index contributed by atoms with van der Waals surface area (Å²) in [4.78, 5) is 48.7. The van der Waals surface area contributed by atoms with E-state index in [4.69, 9.17) is 24.4 Å². The lowest BCUT2D eigenvalue weighted by molar-refractivity contribution is -0.111. The number of aromatic nitrogens is 25. The summed E-state index contributed by atoms with van der Waals surface area (Å²) in [6.07, 6.45) is 28.0. The van der Waals surface area contributed by atoms with Crippen molar-refractivity contribution in [3.05, 3.63) is 179 Å². The smallest absolute Gasteiger partial charge is 0.410 e. The van der Waals surface area contributed by atoms with E-state index in [-0.39, 0.29) is 73.9 Å². The second kappa shape index (κ2) is 52.5. The Morgan fingerprint density at radius 1 is 0.504 bits per heavy atom. The zero-order valence-electron chi connectivity index (χ0n) is 90.4. The lowest BCUT2D eigenvalue weighted by atomic mass is 9.88. The van der Waals surface area contributed by atoms with Crippen molar-refractivity contribution in [1.29, 1.82) is 0 Å². The van der Waals surface area contributed by atoms with Crippen molar-refractivity contribution >= 4 is 17.4 Å². The molecule has 0 aliphatic carbocycles. The van der Waals surface area contributed by atoms with E-state index < -0.39 is 5.60 Å². The Morgan fingerprint density at radius 3 is 1.28 bits per heavy atom. The van der Waals surface area contributed by atoms with Crippen LogP contribution < -0.4 is 5.73 Å². The fourth-order valence-electron chi connectivity index (χ4n) is 11.4. The molecule has 1 amide bonds. The van der Waals surface area contributed by atoms with E-state index in [0.29, 0.717) is 32.3 Å². The van der Waals surface area contributed by atoms with Gasteiger partial charge in [0.05, 0.1) is 96.6 Å². The number of amides is 1. The topological polar surface area (TPSA) is 386 Å². The normalized spacial score (nSPS) is 13.7. The Bertz CT molecular complexity index is 4830. The SMILES string of the molecule is CC(C)(C)OC(=O)N1CCC(n2cc(C(C)(C)C)nn2)CC1.CC(C)(C)c1ccncn1.CC(C)(C)c1cn(CCN)nn1.CC(C)(C)c1cnccn1.CC(C)(C)c1cocn1.CC(C)(C)c1cscn1.CC(C)(C)c1ncccn1.CC1(Cn2cc(C(C)(C)C)nn2)COC1.CN(C)CCCn1cc(C(C)(C)C)nn1.COCCn1cc(C(C)(C)C)nn1.Cc1nonc1C(C)(C)C.[HH].[HH]. The minimum atomic E-state index is -0.443. The van der Waals surface area contributed by atoms with Crippen LogP contribution >= 0.6 is 11.3 Å². The standard InChI is InChI=1S/C16H28N4O2.C11H22N4.C11H19N3O.C9H17N3O.C8H16N4.3C8H12N2.C7H12N2O.C7H11NO.C7H11NS.2H2/c1-15(2,3)13-11-20(18-17-13)12-7-9-19(10-8-12)14(21)22-16(4,5)6;1-11(2,3)10-9-15(13-12-10)8-6-7-14(4)5;1-10(2,3)9-5-14(13-12-9)6-11(4)7-15-8-11;1-9(2,3)8-7-12(11-10-8)5-6-13-4;1-8(2,3)7-6-12(5-4-9)11-10-7;1-8(2,3)7-6-9-4-5-10-7;1-8(2,3)7-4-5-9-6-10-7;1-8(2,3)7-9-5-4-6-10-7;1-5-6(7(2,3)4)9-10-8-5;2*1-7(2,3)6-4-9-5-8-6;;/h11-12H,7-10H2,1-6H3;9H,6-8H2,1-5H3;5H,6-8H2,1-4H3;7H,5-6H2,1-4H3;6H,4-5,9H2,1-3H3;3*4-6H,1-3H3;1-4H3;2*4-5H,1-3H3;2*1H. The van der Waals surface area contributed by atoms with Gasteiger partial charge < -0.3 is 34.2 Å². The molecule has 2 N–H and O–H groups in total. The molecule has 2 saturated heterocycles. The maximum Gasteiger partial charge on any atom is 0.410 e. The van der Waals surface area contributed by atoms with Crippen LogP contribution in [0.5, 0.6) is 0 Å². The average Bonchev–Trinajstić information content (AvgIpc) is 1.74. The molecule has 13 rings (SSSR count). The van der Waals surface area contributed by atoms with Gasteiger partial charge in [-0.1, -0.05) is 272 Å². The molecule has 0 atom stereocenters. The highest BCUT2D eigenvalue weighted by molar-refractivity contribution is 7.07. The molecular weight excluding hydrogens is 1720 g/mol. The van der Waals surface area contributed by atoms with Gasteiger partial charge in [-0.25, -0.2) is 48.7 Å². The number of hydrogen-bond acceptors (Lipinski definition) is 29. The molecule has 0 unspecified atom stereocenters. The summed E-state index contributed by atoms with van der Waals surface area (Å²) >= 11 is 1.66. The first-order valence-corrected chi connectivity index (χ1v) is 47.7. The molecule has 35 heteroatoms. The number of nitrogens with two attached hydrogens (primary N) is 1. The third kappa shape index (κ3) is 47.1. The van der Waals surface area contributed by atoms with E-state index in [1.807, 2.05) is 88.9 Å². The summed E-state index contributed by atoms with van der Waals surface area (Å²) in [6, 6.07) is 4.08. The molecular formula is C100H176N28O6S. The van der Waals surface area contributed by atoms with E-state index in [1.54, 1.807) is 77.8 Å². The predicted molar refractivity (Wildman–Crippen MR) is 543 cm³/mol. The lowest BCUT2D eigenvalue weighted by Crippen LogP contribution is -2.43. The van der Waals surface area contributed by atoms with E-state index in [1.165, 1.54) is 12.1 Å². The molecule has 11 aromatic rings. The Balaban J connectivity index is 0.000000761.